The Morgan fingerprint density at radius 1 is 1.54 bits per heavy atom. The molecule has 2 aromatic rings. The number of Topliss-reactive ketones (excluding diaryl/α,β-unsaturated/α-hetero) is 1. The third-order valence-electron chi connectivity index (χ3n) is 1.76. The Morgan fingerprint density at radius 2 is 2.31 bits per heavy atom. The smallest absolute Gasteiger partial charge is 0.209 e. The molecule has 0 aliphatic heterocycles. The highest BCUT2D eigenvalue weighted by Crippen LogP contribution is 2.22. The van der Waals surface area contributed by atoms with Crippen molar-refractivity contribution in [2.45, 2.75) is 6.92 Å². The molecule has 0 fully saturated rings. The van der Waals surface area contributed by atoms with E-state index in [0.29, 0.717) is 11.3 Å². The number of carbonyl (C=O) groups is 1. The zero-order chi connectivity index (χ0) is 9.42. The van der Waals surface area contributed by atoms with Gasteiger partial charge in [-0.1, -0.05) is 21.1 Å². The molecule has 0 saturated carbocycles. The first kappa shape index (κ1) is 8.44. The standard InChI is InChI=1S/C9H6BrNO2/c1-5(12)9-7-3-2-6(10)4-8(7)11-13-9/h2-4H,1H3. The molecular formula is C9H6BrNO2. The maximum Gasteiger partial charge on any atom is 0.209 e. The lowest BCUT2D eigenvalue weighted by atomic mass is 10.2. The van der Waals surface area contributed by atoms with E-state index in [9.17, 15) is 4.79 Å². The van der Waals surface area contributed by atoms with Crippen LogP contribution in [-0.4, -0.2) is 10.9 Å². The lowest BCUT2D eigenvalue weighted by Gasteiger charge is -1.89. The molecule has 13 heavy (non-hydrogen) atoms. The number of fused-ring (bicyclic) bond motifs is 1. The lowest BCUT2D eigenvalue weighted by molar-refractivity contribution is 0.0981. The molecule has 0 saturated heterocycles. The number of aromatic nitrogens is 1. The molecule has 2 rings (SSSR count). The van der Waals surface area contributed by atoms with Gasteiger partial charge in [0.1, 0.15) is 5.52 Å². The van der Waals surface area contributed by atoms with Gasteiger partial charge >= 0.3 is 0 Å². The van der Waals surface area contributed by atoms with Crippen molar-refractivity contribution in [3.63, 3.8) is 0 Å². The van der Waals surface area contributed by atoms with Gasteiger partial charge in [-0.2, -0.15) is 0 Å². The van der Waals surface area contributed by atoms with Crippen molar-refractivity contribution in [1.82, 2.24) is 5.16 Å². The summed E-state index contributed by atoms with van der Waals surface area (Å²) in [6, 6.07) is 5.48. The summed E-state index contributed by atoms with van der Waals surface area (Å²) >= 11 is 3.31. The first-order chi connectivity index (χ1) is 6.18. The molecule has 0 unspecified atom stereocenters. The number of hydrogen-bond acceptors (Lipinski definition) is 3. The summed E-state index contributed by atoms with van der Waals surface area (Å²) in [5.41, 5.74) is 0.694. The van der Waals surface area contributed by atoms with Crippen LogP contribution in [0.5, 0.6) is 0 Å². The Morgan fingerprint density at radius 3 is 3.00 bits per heavy atom. The van der Waals surface area contributed by atoms with Crippen molar-refractivity contribution in [2.75, 3.05) is 0 Å². The summed E-state index contributed by atoms with van der Waals surface area (Å²) < 4.78 is 5.83. The van der Waals surface area contributed by atoms with E-state index >= 15 is 0 Å². The second-order valence-electron chi connectivity index (χ2n) is 2.73. The highest BCUT2D eigenvalue weighted by Gasteiger charge is 2.11. The number of ketones is 1. The third-order valence-corrected chi connectivity index (χ3v) is 2.25. The predicted octanol–water partition coefficient (Wildman–Crippen LogP) is 2.79. The zero-order valence-corrected chi connectivity index (χ0v) is 8.46. The van der Waals surface area contributed by atoms with Gasteiger partial charge in [-0.3, -0.25) is 4.79 Å². The van der Waals surface area contributed by atoms with Gasteiger partial charge in [-0.25, -0.2) is 0 Å². The third kappa shape index (κ3) is 1.37. The largest absolute Gasteiger partial charge is 0.352 e. The monoisotopic (exact) mass is 239 g/mol. The van der Waals surface area contributed by atoms with Crippen LogP contribution in [0.1, 0.15) is 17.5 Å². The summed E-state index contributed by atoms with van der Waals surface area (Å²) in [5, 5.41) is 4.53. The Bertz CT molecular complexity index is 475. The topological polar surface area (TPSA) is 43.1 Å². The Labute approximate surface area is 82.8 Å². The number of nitrogens with zero attached hydrogens (tertiary/aromatic N) is 1. The van der Waals surface area contributed by atoms with Crippen LogP contribution in [0.15, 0.2) is 27.2 Å². The Balaban J connectivity index is 2.76. The summed E-state index contributed by atoms with van der Waals surface area (Å²) in [5.74, 6) is 0.215. The van der Waals surface area contributed by atoms with Crippen molar-refractivity contribution in [1.29, 1.82) is 0 Å². The summed E-state index contributed by atoms with van der Waals surface area (Å²) in [6.45, 7) is 1.46. The SMILES string of the molecule is CC(=O)c1onc2cc(Br)ccc12. The first-order valence-corrected chi connectivity index (χ1v) is 4.53. The van der Waals surface area contributed by atoms with E-state index in [0.717, 1.165) is 9.86 Å². The second-order valence-corrected chi connectivity index (χ2v) is 3.65. The molecule has 0 amide bonds. The Kier molecular flexibility index (Phi) is 1.92. The molecule has 1 heterocycles. The average Bonchev–Trinajstić information content (AvgIpc) is 2.46. The minimum absolute atomic E-state index is 0.107. The minimum atomic E-state index is -0.107. The summed E-state index contributed by atoms with van der Waals surface area (Å²) in [6.07, 6.45) is 0. The van der Waals surface area contributed by atoms with Crippen LogP contribution in [0.3, 0.4) is 0 Å². The fraction of sp³-hybridized carbons (Fsp3) is 0.111. The van der Waals surface area contributed by atoms with E-state index < -0.39 is 0 Å². The van der Waals surface area contributed by atoms with Gasteiger partial charge in [0.15, 0.2) is 5.78 Å². The van der Waals surface area contributed by atoms with Gasteiger partial charge in [-0.05, 0) is 18.2 Å². The Hall–Kier alpha value is -1.16. The molecule has 66 valence electrons. The van der Waals surface area contributed by atoms with Crippen LogP contribution >= 0.6 is 15.9 Å². The zero-order valence-electron chi connectivity index (χ0n) is 6.87. The van der Waals surface area contributed by atoms with E-state index in [4.69, 9.17) is 4.52 Å². The summed E-state index contributed by atoms with van der Waals surface area (Å²) in [7, 11) is 0. The molecule has 1 aromatic heterocycles. The summed E-state index contributed by atoms with van der Waals surface area (Å²) in [4.78, 5) is 11.1. The molecular weight excluding hydrogens is 234 g/mol. The van der Waals surface area contributed by atoms with Crippen LogP contribution in [0, 0.1) is 0 Å². The normalized spacial score (nSPS) is 10.6. The van der Waals surface area contributed by atoms with Crippen molar-refractivity contribution in [2.24, 2.45) is 0 Å². The van der Waals surface area contributed by atoms with Crippen LogP contribution in [0.2, 0.25) is 0 Å². The first-order valence-electron chi connectivity index (χ1n) is 3.74. The average molecular weight is 240 g/mol. The van der Waals surface area contributed by atoms with Gasteiger partial charge in [0, 0.05) is 11.4 Å². The van der Waals surface area contributed by atoms with Crippen LogP contribution in [0.25, 0.3) is 10.9 Å². The number of carbonyl (C=O) groups excluding carboxylic acids is 1. The van der Waals surface area contributed by atoms with Gasteiger partial charge in [0.05, 0.1) is 5.39 Å². The molecule has 4 heteroatoms. The number of rotatable bonds is 1. The van der Waals surface area contributed by atoms with Crippen LogP contribution in [-0.2, 0) is 0 Å². The molecule has 0 N–H and O–H groups in total. The fourth-order valence-electron chi connectivity index (χ4n) is 1.17. The van der Waals surface area contributed by atoms with E-state index in [2.05, 4.69) is 21.1 Å². The molecule has 0 spiro atoms. The minimum Gasteiger partial charge on any atom is -0.352 e. The quantitative estimate of drug-likeness (QED) is 0.719. The van der Waals surface area contributed by atoms with Crippen molar-refractivity contribution < 1.29 is 9.32 Å². The number of benzene rings is 1. The molecule has 0 aliphatic rings. The second kappa shape index (κ2) is 2.96. The van der Waals surface area contributed by atoms with E-state index in [1.54, 1.807) is 0 Å². The van der Waals surface area contributed by atoms with Gasteiger partial charge < -0.3 is 4.52 Å². The molecule has 1 aromatic carbocycles. The van der Waals surface area contributed by atoms with E-state index in [1.807, 2.05) is 18.2 Å². The van der Waals surface area contributed by atoms with Gasteiger partial charge in [0.25, 0.3) is 0 Å². The van der Waals surface area contributed by atoms with E-state index in [-0.39, 0.29) is 5.78 Å². The molecule has 0 atom stereocenters. The number of hydrogen-bond donors (Lipinski definition) is 0. The van der Waals surface area contributed by atoms with Crippen LogP contribution < -0.4 is 0 Å². The lowest BCUT2D eigenvalue weighted by Crippen LogP contribution is -1.88. The highest BCUT2D eigenvalue weighted by molar-refractivity contribution is 9.10. The maximum atomic E-state index is 11.1. The predicted molar refractivity (Wildman–Crippen MR) is 51.7 cm³/mol. The van der Waals surface area contributed by atoms with Crippen molar-refractivity contribution in [3.8, 4) is 0 Å². The van der Waals surface area contributed by atoms with E-state index in [1.165, 1.54) is 6.92 Å². The van der Waals surface area contributed by atoms with Gasteiger partial charge in [-0.15, -0.1) is 0 Å². The molecule has 0 bridgehead atoms. The fourth-order valence-corrected chi connectivity index (χ4v) is 1.52. The molecule has 0 radical (unpaired) electrons. The number of halogens is 1. The molecule has 0 aliphatic carbocycles. The highest BCUT2D eigenvalue weighted by atomic mass is 79.9. The van der Waals surface area contributed by atoms with Gasteiger partial charge in [0.2, 0.25) is 5.76 Å². The van der Waals surface area contributed by atoms with Crippen molar-refractivity contribution >= 4 is 32.6 Å². The molecule has 3 nitrogen and oxygen atoms in total. The van der Waals surface area contributed by atoms with Crippen LogP contribution in [0.4, 0.5) is 0 Å². The maximum absolute atomic E-state index is 11.1. The van der Waals surface area contributed by atoms with Crippen molar-refractivity contribution in [3.05, 3.63) is 28.4 Å².